The van der Waals surface area contributed by atoms with Crippen LogP contribution in [0.1, 0.15) is 12.0 Å². The number of thioether (sulfide) groups is 1. The summed E-state index contributed by atoms with van der Waals surface area (Å²) in [5, 5.41) is 0. The Hall–Kier alpha value is -1.79. The molecular formula is C20H25NO4S. The first-order valence-electron chi connectivity index (χ1n) is 8.85. The zero-order valence-corrected chi connectivity index (χ0v) is 16.1. The van der Waals surface area contributed by atoms with Gasteiger partial charge in [0.15, 0.2) is 5.41 Å². The lowest BCUT2D eigenvalue weighted by Crippen LogP contribution is -2.57. The molecule has 140 valence electrons. The minimum absolute atomic E-state index is 0.316. The van der Waals surface area contributed by atoms with Gasteiger partial charge in [-0.3, -0.25) is 14.5 Å². The summed E-state index contributed by atoms with van der Waals surface area (Å²) in [6.07, 6.45) is 3.07. The summed E-state index contributed by atoms with van der Waals surface area (Å²) in [6, 6.07) is 9.82. The smallest absolute Gasteiger partial charge is 0.325 e. The Morgan fingerprint density at radius 3 is 2.31 bits per heavy atom. The van der Waals surface area contributed by atoms with E-state index >= 15 is 0 Å². The molecule has 6 heteroatoms. The maximum absolute atomic E-state index is 12.8. The second kappa shape index (κ2) is 8.27. The number of benzene rings is 1. The van der Waals surface area contributed by atoms with Gasteiger partial charge in [0.1, 0.15) is 0 Å². The van der Waals surface area contributed by atoms with Crippen molar-refractivity contribution in [1.82, 2.24) is 4.90 Å². The van der Waals surface area contributed by atoms with Crippen LogP contribution in [-0.2, 0) is 25.5 Å². The molecule has 1 unspecified atom stereocenters. The van der Waals surface area contributed by atoms with E-state index in [1.807, 2.05) is 36.0 Å². The van der Waals surface area contributed by atoms with Crippen molar-refractivity contribution in [1.29, 1.82) is 0 Å². The molecule has 26 heavy (non-hydrogen) atoms. The van der Waals surface area contributed by atoms with E-state index in [-0.39, 0.29) is 6.04 Å². The number of esters is 2. The molecule has 1 saturated heterocycles. The minimum Gasteiger partial charge on any atom is -0.468 e. The van der Waals surface area contributed by atoms with Crippen LogP contribution in [0, 0.1) is 5.41 Å². The monoisotopic (exact) mass is 375 g/mol. The molecule has 1 aromatic rings. The summed E-state index contributed by atoms with van der Waals surface area (Å²) in [7, 11) is 2.68. The Morgan fingerprint density at radius 2 is 1.73 bits per heavy atom. The highest BCUT2D eigenvalue weighted by Gasteiger charge is 2.59. The first-order chi connectivity index (χ1) is 12.6. The fourth-order valence-electron chi connectivity index (χ4n) is 4.05. The van der Waals surface area contributed by atoms with Gasteiger partial charge in [0.25, 0.3) is 0 Å². The third kappa shape index (κ3) is 3.40. The van der Waals surface area contributed by atoms with Crippen molar-refractivity contribution in [2.75, 3.05) is 38.8 Å². The molecule has 1 aliphatic heterocycles. The summed E-state index contributed by atoms with van der Waals surface area (Å²) in [5.74, 6) is 0.972. The number of allylic oxidation sites excluding steroid dienone is 1. The third-order valence-corrected chi connectivity index (χ3v) is 6.21. The van der Waals surface area contributed by atoms with Crippen LogP contribution in [0.2, 0.25) is 0 Å². The van der Waals surface area contributed by atoms with E-state index in [9.17, 15) is 9.59 Å². The number of ether oxygens (including phenoxy) is 2. The van der Waals surface area contributed by atoms with Gasteiger partial charge in [0, 0.05) is 24.6 Å². The fourth-order valence-corrected chi connectivity index (χ4v) is 4.98. The van der Waals surface area contributed by atoms with Gasteiger partial charge in [0.05, 0.1) is 20.3 Å². The topological polar surface area (TPSA) is 55.8 Å². The van der Waals surface area contributed by atoms with Crippen LogP contribution in [0.5, 0.6) is 0 Å². The van der Waals surface area contributed by atoms with E-state index in [2.05, 4.69) is 17.0 Å². The van der Waals surface area contributed by atoms with Gasteiger partial charge < -0.3 is 9.47 Å². The molecule has 1 fully saturated rings. The molecule has 0 radical (unpaired) electrons. The van der Waals surface area contributed by atoms with Crippen molar-refractivity contribution < 1.29 is 19.1 Å². The molecule has 1 aliphatic carbocycles. The fraction of sp³-hybridized carbons (Fsp3) is 0.500. The molecule has 1 atom stereocenters. The van der Waals surface area contributed by atoms with Crippen LogP contribution in [0.25, 0.3) is 0 Å². The van der Waals surface area contributed by atoms with Crippen LogP contribution in [0.3, 0.4) is 0 Å². The molecule has 2 aliphatic rings. The summed E-state index contributed by atoms with van der Waals surface area (Å²) in [6.45, 7) is 1.69. The van der Waals surface area contributed by atoms with Crippen molar-refractivity contribution in [3.05, 3.63) is 47.5 Å². The SMILES string of the molecule is COC(=O)C1(C(=O)OC)CC=C(Cc2ccccc2)C1N1CCSCC1. The zero-order chi connectivity index (χ0) is 18.6. The summed E-state index contributed by atoms with van der Waals surface area (Å²) >= 11 is 1.90. The number of rotatable bonds is 5. The average Bonchev–Trinajstić information content (AvgIpc) is 3.08. The molecule has 0 bridgehead atoms. The van der Waals surface area contributed by atoms with Gasteiger partial charge in [-0.05, 0) is 18.4 Å². The van der Waals surface area contributed by atoms with E-state index in [0.717, 1.165) is 30.2 Å². The lowest BCUT2D eigenvalue weighted by Gasteiger charge is -2.41. The van der Waals surface area contributed by atoms with E-state index in [1.165, 1.54) is 19.8 Å². The quantitative estimate of drug-likeness (QED) is 0.447. The average molecular weight is 375 g/mol. The van der Waals surface area contributed by atoms with E-state index in [0.29, 0.717) is 12.8 Å². The van der Waals surface area contributed by atoms with E-state index in [1.54, 1.807) is 0 Å². The first kappa shape index (κ1) is 19.0. The van der Waals surface area contributed by atoms with Crippen molar-refractivity contribution in [3.63, 3.8) is 0 Å². The largest absolute Gasteiger partial charge is 0.468 e. The maximum atomic E-state index is 12.8. The number of hydrogen-bond donors (Lipinski definition) is 0. The standard InChI is InChI=1S/C20H25NO4S/c1-24-18(22)20(19(23)25-2)9-8-16(14-15-6-4-3-5-7-15)17(20)21-10-12-26-13-11-21/h3-8,17H,9-14H2,1-2H3. The van der Waals surface area contributed by atoms with Gasteiger partial charge in [-0.1, -0.05) is 42.0 Å². The second-order valence-electron chi connectivity index (χ2n) is 6.65. The lowest BCUT2D eigenvalue weighted by atomic mass is 9.77. The summed E-state index contributed by atoms with van der Waals surface area (Å²) < 4.78 is 10.2. The molecule has 0 amide bonds. The van der Waals surface area contributed by atoms with Crippen molar-refractivity contribution in [2.24, 2.45) is 5.41 Å². The molecule has 1 heterocycles. The Kier molecular flexibility index (Phi) is 6.04. The van der Waals surface area contributed by atoms with Crippen LogP contribution >= 0.6 is 11.8 Å². The van der Waals surface area contributed by atoms with Crippen molar-refractivity contribution in [3.8, 4) is 0 Å². The summed E-state index contributed by atoms with van der Waals surface area (Å²) in [4.78, 5) is 27.9. The highest BCUT2D eigenvalue weighted by Crippen LogP contribution is 2.45. The molecule has 3 rings (SSSR count). The first-order valence-corrected chi connectivity index (χ1v) is 10.0. The van der Waals surface area contributed by atoms with Crippen molar-refractivity contribution in [2.45, 2.75) is 18.9 Å². The second-order valence-corrected chi connectivity index (χ2v) is 7.88. The molecular weight excluding hydrogens is 350 g/mol. The Morgan fingerprint density at radius 1 is 1.12 bits per heavy atom. The lowest BCUT2D eigenvalue weighted by molar-refractivity contribution is -0.172. The molecule has 5 nitrogen and oxygen atoms in total. The number of nitrogens with zero attached hydrogens (tertiary/aromatic N) is 1. The Bertz CT molecular complexity index is 666. The minimum atomic E-state index is -1.31. The Labute approximate surface area is 158 Å². The molecule has 1 aromatic carbocycles. The zero-order valence-electron chi connectivity index (χ0n) is 15.3. The number of carbonyl (C=O) groups excluding carboxylic acids is 2. The normalized spacial score (nSPS) is 22.5. The van der Waals surface area contributed by atoms with Crippen LogP contribution in [0.4, 0.5) is 0 Å². The van der Waals surface area contributed by atoms with Gasteiger partial charge >= 0.3 is 11.9 Å². The number of carbonyl (C=O) groups is 2. The highest BCUT2D eigenvalue weighted by molar-refractivity contribution is 7.99. The van der Waals surface area contributed by atoms with Gasteiger partial charge in [-0.2, -0.15) is 11.8 Å². The van der Waals surface area contributed by atoms with E-state index < -0.39 is 17.4 Å². The number of methoxy groups -OCH3 is 2. The third-order valence-electron chi connectivity index (χ3n) is 5.27. The van der Waals surface area contributed by atoms with Gasteiger partial charge in [-0.25, -0.2) is 0 Å². The molecule has 0 N–H and O–H groups in total. The predicted molar refractivity (Wildman–Crippen MR) is 102 cm³/mol. The molecule has 0 saturated carbocycles. The molecule has 0 spiro atoms. The maximum Gasteiger partial charge on any atom is 0.325 e. The van der Waals surface area contributed by atoms with Crippen molar-refractivity contribution >= 4 is 23.7 Å². The summed E-state index contributed by atoms with van der Waals surface area (Å²) in [5.41, 5.74) is 0.954. The Balaban J connectivity index is 1.99. The van der Waals surface area contributed by atoms with Crippen LogP contribution in [-0.4, -0.2) is 61.7 Å². The van der Waals surface area contributed by atoms with Crippen LogP contribution < -0.4 is 0 Å². The van der Waals surface area contributed by atoms with Gasteiger partial charge in [0.2, 0.25) is 0 Å². The predicted octanol–water partition coefficient (Wildman–Crippen LogP) is 2.31. The van der Waals surface area contributed by atoms with Gasteiger partial charge in [-0.15, -0.1) is 0 Å². The van der Waals surface area contributed by atoms with Crippen LogP contribution in [0.15, 0.2) is 42.0 Å². The number of hydrogen-bond acceptors (Lipinski definition) is 6. The highest BCUT2D eigenvalue weighted by atomic mass is 32.2. The molecule has 0 aromatic heterocycles. The van der Waals surface area contributed by atoms with E-state index in [4.69, 9.17) is 9.47 Å².